The molecule has 0 unspecified atom stereocenters. The van der Waals surface area contributed by atoms with E-state index in [0.717, 1.165) is 29.7 Å². The van der Waals surface area contributed by atoms with Gasteiger partial charge in [-0.3, -0.25) is 4.79 Å². The molecule has 0 aliphatic heterocycles. The molecule has 1 aromatic carbocycles. The van der Waals surface area contributed by atoms with Crippen molar-refractivity contribution in [3.8, 4) is 0 Å². The SMILES string of the molecule is Cn1nc(NC2CCC(=O)CC2)cc/c1=N/C=C/c1cccc(Cl)c1. The average Bonchev–Trinajstić information content (AvgIpc) is 2.59. The van der Waals surface area contributed by atoms with E-state index in [-0.39, 0.29) is 0 Å². The monoisotopic (exact) mass is 356 g/mol. The molecule has 0 bridgehead atoms. The molecule has 5 nitrogen and oxygen atoms in total. The van der Waals surface area contributed by atoms with Crippen LogP contribution in [0, 0.1) is 0 Å². The number of anilines is 1. The molecule has 1 aliphatic rings. The second-order valence-electron chi connectivity index (χ2n) is 6.16. The fourth-order valence-corrected chi connectivity index (χ4v) is 3.01. The van der Waals surface area contributed by atoms with Gasteiger partial charge in [0.2, 0.25) is 0 Å². The molecule has 1 saturated carbocycles. The van der Waals surface area contributed by atoms with Crippen molar-refractivity contribution in [1.29, 1.82) is 0 Å². The third-order valence-corrected chi connectivity index (χ3v) is 4.43. The smallest absolute Gasteiger partial charge is 0.148 e. The zero-order valence-electron chi connectivity index (χ0n) is 14.2. The Morgan fingerprint density at radius 3 is 2.80 bits per heavy atom. The van der Waals surface area contributed by atoms with Crippen molar-refractivity contribution in [1.82, 2.24) is 9.78 Å². The van der Waals surface area contributed by atoms with Crippen LogP contribution in [0.1, 0.15) is 31.2 Å². The van der Waals surface area contributed by atoms with Gasteiger partial charge in [-0.25, -0.2) is 9.67 Å². The Bertz CT molecular complexity index is 846. The minimum Gasteiger partial charge on any atom is -0.366 e. The normalized spacial score (nSPS) is 16.6. The van der Waals surface area contributed by atoms with Crippen LogP contribution in [0.15, 0.2) is 47.6 Å². The van der Waals surface area contributed by atoms with E-state index in [9.17, 15) is 4.79 Å². The molecule has 1 aromatic heterocycles. The van der Waals surface area contributed by atoms with Crippen molar-refractivity contribution < 1.29 is 4.79 Å². The van der Waals surface area contributed by atoms with E-state index >= 15 is 0 Å². The van der Waals surface area contributed by atoms with Crippen LogP contribution in [-0.4, -0.2) is 21.6 Å². The summed E-state index contributed by atoms with van der Waals surface area (Å²) in [5.74, 6) is 1.16. The summed E-state index contributed by atoms with van der Waals surface area (Å²) >= 11 is 5.97. The van der Waals surface area contributed by atoms with Crippen molar-refractivity contribution >= 4 is 29.3 Å². The number of hydrogen-bond donors (Lipinski definition) is 1. The van der Waals surface area contributed by atoms with Gasteiger partial charge < -0.3 is 5.32 Å². The maximum absolute atomic E-state index is 11.3. The summed E-state index contributed by atoms with van der Waals surface area (Å²) in [6.07, 6.45) is 6.70. The minimum atomic E-state index is 0.315. The highest BCUT2D eigenvalue weighted by Crippen LogP contribution is 2.18. The van der Waals surface area contributed by atoms with E-state index in [0.29, 0.717) is 29.7 Å². The Morgan fingerprint density at radius 1 is 1.28 bits per heavy atom. The number of aryl methyl sites for hydroxylation is 1. The fraction of sp³-hybridized carbons (Fsp3) is 0.316. The summed E-state index contributed by atoms with van der Waals surface area (Å²) < 4.78 is 1.73. The van der Waals surface area contributed by atoms with Gasteiger partial charge in [0, 0.05) is 37.2 Å². The number of benzene rings is 1. The molecule has 0 radical (unpaired) electrons. The van der Waals surface area contributed by atoms with Gasteiger partial charge in [0.1, 0.15) is 17.1 Å². The first-order valence-electron chi connectivity index (χ1n) is 8.39. The zero-order chi connectivity index (χ0) is 17.6. The Labute approximate surface area is 152 Å². The van der Waals surface area contributed by atoms with Crippen molar-refractivity contribution in [3.05, 3.63) is 58.7 Å². The summed E-state index contributed by atoms with van der Waals surface area (Å²) in [6, 6.07) is 11.8. The number of rotatable bonds is 4. The van der Waals surface area contributed by atoms with Crippen molar-refractivity contribution in [3.63, 3.8) is 0 Å². The summed E-state index contributed by atoms with van der Waals surface area (Å²) in [5.41, 5.74) is 1.75. The van der Waals surface area contributed by atoms with Gasteiger partial charge in [-0.15, -0.1) is 0 Å². The van der Waals surface area contributed by atoms with Gasteiger partial charge in [0.25, 0.3) is 0 Å². The van der Waals surface area contributed by atoms with Crippen molar-refractivity contribution in [2.45, 2.75) is 31.7 Å². The number of aromatic nitrogens is 2. The van der Waals surface area contributed by atoms with Gasteiger partial charge in [-0.2, -0.15) is 5.10 Å². The number of carbonyl (C=O) groups excluding carboxylic acids is 1. The lowest BCUT2D eigenvalue weighted by atomic mass is 9.94. The molecule has 0 spiro atoms. The molecule has 25 heavy (non-hydrogen) atoms. The van der Waals surface area contributed by atoms with E-state index in [1.54, 1.807) is 10.9 Å². The van der Waals surface area contributed by atoms with Crippen molar-refractivity contribution in [2.24, 2.45) is 12.0 Å². The van der Waals surface area contributed by atoms with Gasteiger partial charge in [-0.1, -0.05) is 23.7 Å². The van der Waals surface area contributed by atoms with Gasteiger partial charge >= 0.3 is 0 Å². The molecule has 1 N–H and O–H groups in total. The standard InChI is InChI=1S/C19H21ClN4O/c1-24-19(21-12-11-14-3-2-4-15(20)13-14)10-9-18(23-24)22-16-5-7-17(25)8-6-16/h2-4,9-13,16H,5-8H2,1H3,(H,22,23)/b12-11+,21-19-. The van der Waals surface area contributed by atoms with Gasteiger partial charge in [0.05, 0.1) is 0 Å². The predicted octanol–water partition coefficient (Wildman–Crippen LogP) is 3.57. The summed E-state index contributed by atoms with van der Waals surface area (Å²) in [5, 5.41) is 8.60. The number of hydrogen-bond acceptors (Lipinski definition) is 4. The summed E-state index contributed by atoms with van der Waals surface area (Å²) in [4.78, 5) is 15.7. The van der Waals surface area contributed by atoms with Crippen LogP contribution < -0.4 is 10.8 Å². The third-order valence-electron chi connectivity index (χ3n) is 4.20. The quantitative estimate of drug-likeness (QED) is 0.911. The van der Waals surface area contributed by atoms with Crippen LogP contribution in [-0.2, 0) is 11.8 Å². The lowest BCUT2D eigenvalue weighted by Crippen LogP contribution is -2.28. The van der Waals surface area contributed by atoms with Crippen LogP contribution in [0.5, 0.6) is 0 Å². The lowest BCUT2D eigenvalue weighted by molar-refractivity contribution is -0.120. The molecule has 1 heterocycles. The zero-order valence-corrected chi connectivity index (χ0v) is 14.9. The molecule has 0 saturated heterocycles. The van der Waals surface area contributed by atoms with E-state index in [2.05, 4.69) is 15.4 Å². The Kier molecular flexibility index (Phi) is 5.66. The molecule has 1 fully saturated rings. The Balaban J connectivity index is 1.68. The molecule has 6 heteroatoms. The molecular formula is C19H21ClN4O. The number of nitrogens with zero attached hydrogens (tertiary/aromatic N) is 3. The van der Waals surface area contributed by atoms with E-state index in [1.165, 1.54) is 0 Å². The maximum atomic E-state index is 11.3. The van der Waals surface area contributed by atoms with Gasteiger partial charge in [0.15, 0.2) is 0 Å². The summed E-state index contributed by atoms with van der Waals surface area (Å²) in [7, 11) is 1.86. The van der Waals surface area contributed by atoms with Crippen LogP contribution >= 0.6 is 11.6 Å². The average molecular weight is 357 g/mol. The molecule has 2 aromatic rings. The maximum Gasteiger partial charge on any atom is 0.148 e. The van der Waals surface area contributed by atoms with E-state index < -0.39 is 0 Å². The Hall–Kier alpha value is -2.40. The molecular weight excluding hydrogens is 336 g/mol. The number of carbonyl (C=O) groups is 1. The third kappa shape index (κ3) is 5.03. The van der Waals surface area contributed by atoms with E-state index in [1.807, 2.05) is 49.5 Å². The lowest BCUT2D eigenvalue weighted by Gasteiger charge is -2.22. The largest absolute Gasteiger partial charge is 0.366 e. The van der Waals surface area contributed by atoms with Crippen LogP contribution in [0.4, 0.5) is 5.82 Å². The first-order valence-corrected chi connectivity index (χ1v) is 8.76. The topological polar surface area (TPSA) is 59.3 Å². The second kappa shape index (κ2) is 8.12. The number of ketones is 1. The number of nitrogens with one attached hydrogen (secondary N) is 1. The van der Waals surface area contributed by atoms with Crippen LogP contribution in [0.25, 0.3) is 6.08 Å². The number of halogens is 1. The predicted molar refractivity (Wildman–Crippen MR) is 100 cm³/mol. The highest BCUT2D eigenvalue weighted by atomic mass is 35.5. The highest BCUT2D eigenvalue weighted by Gasteiger charge is 2.18. The molecule has 3 rings (SSSR count). The summed E-state index contributed by atoms with van der Waals surface area (Å²) in [6.45, 7) is 0. The van der Waals surface area contributed by atoms with Crippen LogP contribution in [0.3, 0.4) is 0 Å². The molecule has 0 amide bonds. The first-order chi connectivity index (χ1) is 12.1. The van der Waals surface area contributed by atoms with E-state index in [4.69, 9.17) is 11.6 Å². The van der Waals surface area contributed by atoms with Gasteiger partial charge in [-0.05, 0) is 48.7 Å². The molecule has 130 valence electrons. The molecule has 1 aliphatic carbocycles. The second-order valence-corrected chi connectivity index (χ2v) is 6.59. The molecule has 0 atom stereocenters. The fourth-order valence-electron chi connectivity index (χ4n) is 2.81. The Morgan fingerprint density at radius 2 is 2.08 bits per heavy atom. The van der Waals surface area contributed by atoms with Crippen LogP contribution in [0.2, 0.25) is 5.02 Å². The highest BCUT2D eigenvalue weighted by molar-refractivity contribution is 6.30. The first kappa shape index (κ1) is 17.4. The minimum absolute atomic E-state index is 0.315. The van der Waals surface area contributed by atoms with Crippen molar-refractivity contribution in [2.75, 3.05) is 5.32 Å². The number of Topliss-reactive ketones (excluding diaryl/α,β-unsaturated/α-hetero) is 1.